The van der Waals surface area contributed by atoms with E-state index < -0.39 is 45.3 Å². The number of hydrogen-bond acceptors (Lipinski definition) is 5. The predicted octanol–water partition coefficient (Wildman–Crippen LogP) is 0.610. The van der Waals surface area contributed by atoms with Crippen LogP contribution in [0.25, 0.3) is 0 Å². The number of nitrogens with zero attached hydrogens (tertiary/aromatic N) is 1. The van der Waals surface area contributed by atoms with Crippen LogP contribution in [0.1, 0.15) is 10.4 Å². The number of benzene rings is 1. The van der Waals surface area contributed by atoms with Crippen LogP contribution in [0.15, 0.2) is 12.1 Å². The van der Waals surface area contributed by atoms with E-state index in [9.17, 15) is 22.0 Å². The normalized spacial score (nSPS) is 20.7. The number of halogens is 2. The van der Waals surface area contributed by atoms with Gasteiger partial charge in [-0.1, -0.05) is 0 Å². The molecule has 140 valence electrons. The Morgan fingerprint density at radius 1 is 1.32 bits per heavy atom. The van der Waals surface area contributed by atoms with Crippen LogP contribution in [0.3, 0.4) is 0 Å². The van der Waals surface area contributed by atoms with Gasteiger partial charge in [-0.15, -0.1) is 0 Å². The number of carbonyl (C=O) groups is 1. The summed E-state index contributed by atoms with van der Waals surface area (Å²) < 4.78 is 62.3. The van der Waals surface area contributed by atoms with Crippen LogP contribution < -0.4 is 10.1 Å². The second-order valence-corrected chi connectivity index (χ2v) is 8.14. The first kappa shape index (κ1) is 19.5. The highest BCUT2D eigenvalue weighted by atomic mass is 32.2. The fourth-order valence-electron chi connectivity index (χ4n) is 2.48. The average molecular weight is 378 g/mol. The van der Waals surface area contributed by atoms with E-state index in [0.29, 0.717) is 0 Å². The zero-order valence-electron chi connectivity index (χ0n) is 14.1. The Morgan fingerprint density at radius 3 is 2.44 bits per heavy atom. The Morgan fingerprint density at radius 2 is 1.92 bits per heavy atom. The molecular formula is C15H20F2N2O5S. The molecule has 1 heterocycles. The van der Waals surface area contributed by atoms with Crippen molar-refractivity contribution in [3.8, 4) is 5.75 Å². The molecule has 1 aliphatic heterocycles. The lowest BCUT2D eigenvalue weighted by Crippen LogP contribution is -2.43. The molecule has 0 bridgehead atoms. The van der Waals surface area contributed by atoms with E-state index in [1.165, 1.54) is 14.1 Å². The molecule has 0 aromatic heterocycles. The maximum absolute atomic E-state index is 13.7. The van der Waals surface area contributed by atoms with E-state index in [1.807, 2.05) is 0 Å². The van der Waals surface area contributed by atoms with E-state index in [1.54, 1.807) is 0 Å². The summed E-state index contributed by atoms with van der Waals surface area (Å²) in [5, 5.41) is 2.58. The molecule has 0 spiro atoms. The summed E-state index contributed by atoms with van der Waals surface area (Å²) in [5.74, 6) is -3.94. The van der Waals surface area contributed by atoms with Crippen molar-refractivity contribution in [2.45, 2.75) is 6.04 Å². The molecule has 0 saturated carbocycles. The summed E-state index contributed by atoms with van der Waals surface area (Å²) in [5.41, 5.74) is -0.225. The number of amides is 1. The van der Waals surface area contributed by atoms with E-state index in [4.69, 9.17) is 4.74 Å². The lowest BCUT2D eigenvalue weighted by Gasteiger charge is -2.21. The highest BCUT2D eigenvalue weighted by Crippen LogP contribution is 2.23. The van der Waals surface area contributed by atoms with Gasteiger partial charge >= 0.3 is 0 Å². The first-order chi connectivity index (χ1) is 11.7. The molecular weight excluding hydrogens is 358 g/mol. The Kier molecular flexibility index (Phi) is 5.96. The van der Waals surface area contributed by atoms with Crippen LogP contribution in [0.5, 0.6) is 5.75 Å². The molecule has 10 heteroatoms. The summed E-state index contributed by atoms with van der Waals surface area (Å²) >= 11 is 0. The van der Waals surface area contributed by atoms with Gasteiger partial charge in [0, 0.05) is 25.6 Å². The third kappa shape index (κ3) is 4.44. The molecule has 1 fully saturated rings. The molecule has 1 aromatic carbocycles. The largest absolute Gasteiger partial charge is 0.491 e. The van der Waals surface area contributed by atoms with Crippen molar-refractivity contribution in [3.63, 3.8) is 0 Å². The number of sulfonamides is 1. The molecule has 1 aromatic rings. The summed E-state index contributed by atoms with van der Waals surface area (Å²) in [6.45, 7) is 0.295. The van der Waals surface area contributed by atoms with Gasteiger partial charge in [0.1, 0.15) is 0 Å². The topological polar surface area (TPSA) is 84.9 Å². The lowest BCUT2D eigenvalue weighted by atomic mass is 10.1. The molecule has 1 saturated heterocycles. The molecule has 25 heavy (non-hydrogen) atoms. The monoisotopic (exact) mass is 378 g/mol. The summed E-state index contributed by atoms with van der Waals surface area (Å²) in [6, 6.07) is 1.15. The average Bonchev–Trinajstić information content (AvgIpc) is 2.93. The second kappa shape index (κ2) is 7.63. The molecule has 2 atom stereocenters. The van der Waals surface area contributed by atoms with Crippen LogP contribution in [-0.4, -0.2) is 64.8 Å². The fraction of sp³-hybridized carbons (Fsp3) is 0.533. The number of hydrogen-bond donors (Lipinski definition) is 1. The Balaban J connectivity index is 2.12. The van der Waals surface area contributed by atoms with Gasteiger partial charge in [0.2, 0.25) is 10.0 Å². The zero-order valence-corrected chi connectivity index (χ0v) is 14.9. The number of methoxy groups -OCH3 is 1. The number of nitrogens with one attached hydrogen (secondary N) is 1. The quantitative estimate of drug-likeness (QED) is 0.784. The van der Waals surface area contributed by atoms with Crippen molar-refractivity contribution in [2.75, 3.05) is 40.2 Å². The van der Waals surface area contributed by atoms with Crippen LogP contribution in [0.4, 0.5) is 8.78 Å². The minimum atomic E-state index is -3.47. The van der Waals surface area contributed by atoms with Gasteiger partial charge in [0.15, 0.2) is 17.4 Å². The smallest absolute Gasteiger partial charge is 0.251 e. The maximum Gasteiger partial charge on any atom is 0.251 e. The zero-order chi connectivity index (χ0) is 18.8. The lowest BCUT2D eigenvalue weighted by molar-refractivity contribution is 0.0925. The SMILES string of the molecule is COc1c(F)cc(C(=O)N[C@@H]2COC[C@H]2CS(=O)(=O)N(C)C)cc1F. The van der Waals surface area contributed by atoms with Crippen LogP contribution in [0.2, 0.25) is 0 Å². The van der Waals surface area contributed by atoms with E-state index in [0.717, 1.165) is 23.5 Å². The van der Waals surface area contributed by atoms with Gasteiger partial charge in [-0.2, -0.15) is 0 Å². The highest BCUT2D eigenvalue weighted by molar-refractivity contribution is 7.89. The van der Waals surface area contributed by atoms with Crippen molar-refractivity contribution >= 4 is 15.9 Å². The van der Waals surface area contributed by atoms with Crippen molar-refractivity contribution in [2.24, 2.45) is 5.92 Å². The standard InChI is InChI=1S/C15H20F2N2O5S/c1-19(2)25(21,22)8-10-6-24-7-13(10)18-15(20)9-4-11(16)14(23-3)12(17)5-9/h4-5,10,13H,6-8H2,1-3H3,(H,18,20)/t10-,13+/m0/s1. The molecule has 0 radical (unpaired) electrons. The van der Waals surface area contributed by atoms with Gasteiger partial charge in [-0.25, -0.2) is 21.5 Å². The number of ether oxygens (including phenoxy) is 2. The molecule has 7 nitrogen and oxygen atoms in total. The Labute approximate surface area is 145 Å². The molecule has 0 unspecified atom stereocenters. The summed E-state index contributed by atoms with van der Waals surface area (Å²) in [7, 11) is 0.483. The van der Waals surface area contributed by atoms with Gasteiger partial charge in [0.25, 0.3) is 5.91 Å². The van der Waals surface area contributed by atoms with Crippen molar-refractivity contribution < 1.29 is 31.5 Å². The van der Waals surface area contributed by atoms with Gasteiger partial charge in [-0.3, -0.25) is 4.79 Å². The van der Waals surface area contributed by atoms with Gasteiger partial charge < -0.3 is 14.8 Å². The van der Waals surface area contributed by atoms with Crippen LogP contribution in [0, 0.1) is 17.6 Å². The first-order valence-corrected chi connectivity index (χ1v) is 9.08. The van der Waals surface area contributed by atoms with Gasteiger partial charge in [0.05, 0.1) is 32.1 Å². The molecule has 1 N–H and O–H groups in total. The number of carbonyl (C=O) groups excluding carboxylic acids is 1. The van der Waals surface area contributed by atoms with Crippen LogP contribution in [-0.2, 0) is 14.8 Å². The van der Waals surface area contributed by atoms with Crippen LogP contribution >= 0.6 is 0 Å². The molecule has 0 aliphatic carbocycles. The minimum absolute atomic E-state index is 0.125. The number of rotatable bonds is 6. The highest BCUT2D eigenvalue weighted by Gasteiger charge is 2.34. The summed E-state index contributed by atoms with van der Waals surface area (Å²) in [6.07, 6.45) is 0. The van der Waals surface area contributed by atoms with E-state index >= 15 is 0 Å². The first-order valence-electron chi connectivity index (χ1n) is 7.47. The Hall–Kier alpha value is -1.78. The Bertz CT molecular complexity index is 731. The van der Waals surface area contributed by atoms with E-state index in [-0.39, 0.29) is 24.5 Å². The third-order valence-electron chi connectivity index (χ3n) is 3.96. The van der Waals surface area contributed by atoms with Crippen molar-refractivity contribution in [1.82, 2.24) is 9.62 Å². The van der Waals surface area contributed by atoms with Crippen molar-refractivity contribution in [1.29, 1.82) is 0 Å². The third-order valence-corrected chi connectivity index (χ3v) is 5.92. The fourth-order valence-corrected chi connectivity index (χ4v) is 3.65. The molecule has 1 amide bonds. The molecule has 2 rings (SSSR count). The molecule has 1 aliphatic rings. The minimum Gasteiger partial charge on any atom is -0.491 e. The maximum atomic E-state index is 13.7. The van der Waals surface area contributed by atoms with Gasteiger partial charge in [-0.05, 0) is 12.1 Å². The second-order valence-electron chi connectivity index (χ2n) is 5.91. The van der Waals surface area contributed by atoms with Crippen molar-refractivity contribution in [3.05, 3.63) is 29.3 Å². The summed E-state index contributed by atoms with van der Waals surface area (Å²) in [4.78, 5) is 12.2. The predicted molar refractivity (Wildman–Crippen MR) is 85.9 cm³/mol. The van der Waals surface area contributed by atoms with E-state index in [2.05, 4.69) is 10.1 Å².